The predicted octanol–water partition coefficient (Wildman–Crippen LogP) is 2.90. The number of nitrogens with zero attached hydrogens (tertiary/aromatic N) is 3. The van der Waals surface area contributed by atoms with Crippen molar-refractivity contribution in [2.45, 2.75) is 32.4 Å². The lowest BCUT2D eigenvalue weighted by Gasteiger charge is -2.26. The highest BCUT2D eigenvalue weighted by molar-refractivity contribution is 7.03. The molecule has 0 saturated heterocycles. The molecular formula is C19H19ClN4O3S. The van der Waals surface area contributed by atoms with E-state index in [-0.39, 0.29) is 5.56 Å². The Labute approximate surface area is 170 Å². The Morgan fingerprint density at radius 3 is 2.57 bits per heavy atom. The van der Waals surface area contributed by atoms with Crippen LogP contribution in [-0.2, 0) is 0 Å². The number of halogens is 1. The summed E-state index contributed by atoms with van der Waals surface area (Å²) in [6, 6.07) is 7.79. The number of carbonyl (C=O) groups is 1. The Kier molecular flexibility index (Phi) is 5.64. The zero-order valence-corrected chi connectivity index (χ0v) is 17.1. The molecule has 0 fully saturated rings. The topological polar surface area (TPSA) is 97.1 Å². The van der Waals surface area contributed by atoms with Crippen molar-refractivity contribution in [3.8, 4) is 16.9 Å². The van der Waals surface area contributed by atoms with E-state index in [1.807, 2.05) is 0 Å². The summed E-state index contributed by atoms with van der Waals surface area (Å²) in [5, 5.41) is 19.4. The molecule has 28 heavy (non-hydrogen) atoms. The Morgan fingerprint density at radius 2 is 2.00 bits per heavy atom. The quantitative estimate of drug-likeness (QED) is 0.664. The van der Waals surface area contributed by atoms with Gasteiger partial charge in [0.05, 0.1) is 29.2 Å². The van der Waals surface area contributed by atoms with Gasteiger partial charge in [-0.1, -0.05) is 23.7 Å². The minimum atomic E-state index is -1.14. The fourth-order valence-electron chi connectivity index (χ4n) is 2.35. The number of amides is 1. The summed E-state index contributed by atoms with van der Waals surface area (Å²) >= 11 is 7.12. The van der Waals surface area contributed by atoms with Gasteiger partial charge in [-0.05, 0) is 50.5 Å². The lowest BCUT2D eigenvalue weighted by molar-refractivity contribution is 0.0408. The Morgan fingerprint density at radius 1 is 1.32 bits per heavy atom. The minimum absolute atomic E-state index is 0.0813. The molecule has 3 aromatic rings. The molecule has 1 amide bonds. The number of hydrogen-bond donors (Lipinski definition) is 2. The van der Waals surface area contributed by atoms with E-state index in [1.165, 1.54) is 23.8 Å². The normalized spacial score (nSPS) is 12.6. The van der Waals surface area contributed by atoms with Crippen molar-refractivity contribution in [3.63, 3.8) is 0 Å². The van der Waals surface area contributed by atoms with Crippen LogP contribution in [0.4, 0.5) is 0 Å². The molecule has 3 rings (SSSR count). The van der Waals surface area contributed by atoms with E-state index in [0.717, 1.165) is 4.68 Å². The molecule has 146 valence electrons. The number of carbonyl (C=O) groups excluding carboxylic acids is 1. The summed E-state index contributed by atoms with van der Waals surface area (Å²) in [6.07, 6.45) is 1.51. The van der Waals surface area contributed by atoms with Gasteiger partial charge in [0.15, 0.2) is 0 Å². The molecule has 0 aliphatic rings. The summed E-state index contributed by atoms with van der Waals surface area (Å²) in [4.78, 5) is 25.7. The van der Waals surface area contributed by atoms with Gasteiger partial charge in [-0.2, -0.15) is 14.2 Å². The summed E-state index contributed by atoms with van der Waals surface area (Å²) in [5.41, 5.74) is -0.191. The zero-order valence-electron chi connectivity index (χ0n) is 15.5. The number of rotatable bonds is 5. The van der Waals surface area contributed by atoms with E-state index in [4.69, 9.17) is 11.6 Å². The minimum Gasteiger partial charge on any atom is -0.388 e. The second kappa shape index (κ2) is 7.83. The molecule has 2 heterocycles. The molecule has 2 aromatic heterocycles. The molecule has 0 spiro atoms. The van der Waals surface area contributed by atoms with E-state index in [1.54, 1.807) is 50.4 Å². The van der Waals surface area contributed by atoms with Crippen LogP contribution >= 0.6 is 23.1 Å². The van der Waals surface area contributed by atoms with Gasteiger partial charge >= 0.3 is 0 Å². The largest absolute Gasteiger partial charge is 0.388 e. The first-order chi connectivity index (χ1) is 13.2. The molecule has 0 bridgehead atoms. The van der Waals surface area contributed by atoms with Gasteiger partial charge < -0.3 is 10.4 Å². The van der Waals surface area contributed by atoms with Gasteiger partial charge in [-0.3, -0.25) is 9.59 Å². The molecule has 0 saturated carbocycles. The van der Waals surface area contributed by atoms with Crippen molar-refractivity contribution in [2.75, 3.05) is 0 Å². The van der Waals surface area contributed by atoms with Crippen molar-refractivity contribution in [3.05, 3.63) is 62.8 Å². The fraction of sp³-hybridized carbons (Fsp3) is 0.263. The van der Waals surface area contributed by atoms with Crippen LogP contribution in [-0.4, -0.2) is 36.8 Å². The van der Waals surface area contributed by atoms with Crippen molar-refractivity contribution >= 4 is 29.0 Å². The molecule has 0 radical (unpaired) electrons. The Hall–Kier alpha value is -2.55. The van der Waals surface area contributed by atoms with Crippen LogP contribution in [0.3, 0.4) is 0 Å². The average Bonchev–Trinajstić information content (AvgIpc) is 3.16. The molecule has 1 aromatic carbocycles. The van der Waals surface area contributed by atoms with Gasteiger partial charge in [0.2, 0.25) is 0 Å². The van der Waals surface area contributed by atoms with Gasteiger partial charge in [0.1, 0.15) is 5.56 Å². The van der Waals surface area contributed by atoms with Gasteiger partial charge in [0.25, 0.3) is 11.5 Å². The van der Waals surface area contributed by atoms with Gasteiger partial charge in [0, 0.05) is 16.0 Å². The molecule has 0 aliphatic heterocycles. The van der Waals surface area contributed by atoms with Crippen LogP contribution in [0.15, 0.2) is 46.7 Å². The van der Waals surface area contributed by atoms with Crippen molar-refractivity contribution < 1.29 is 9.90 Å². The Bertz CT molecular complexity index is 1040. The number of nitrogens with one attached hydrogen (secondary N) is 1. The van der Waals surface area contributed by atoms with E-state index in [9.17, 15) is 14.7 Å². The third-order valence-corrected chi connectivity index (χ3v) is 5.19. The number of aliphatic hydroxyl groups is 1. The molecule has 9 heteroatoms. The van der Waals surface area contributed by atoms with Crippen LogP contribution < -0.4 is 10.9 Å². The van der Waals surface area contributed by atoms with Crippen molar-refractivity contribution in [1.29, 1.82) is 0 Å². The highest BCUT2D eigenvalue weighted by Gasteiger charge is 2.26. The molecule has 0 aliphatic carbocycles. The molecule has 2 N–H and O–H groups in total. The van der Waals surface area contributed by atoms with Crippen LogP contribution in [0, 0.1) is 0 Å². The van der Waals surface area contributed by atoms with E-state index < -0.39 is 23.1 Å². The monoisotopic (exact) mass is 418 g/mol. The maximum absolute atomic E-state index is 12.9. The lowest BCUT2D eigenvalue weighted by Crippen LogP contribution is -2.48. The average molecular weight is 419 g/mol. The highest BCUT2D eigenvalue weighted by Crippen LogP contribution is 2.20. The summed E-state index contributed by atoms with van der Waals surface area (Å²) in [7, 11) is 0. The van der Waals surface area contributed by atoms with Crippen LogP contribution in [0.1, 0.15) is 31.1 Å². The Balaban J connectivity index is 2.12. The first-order valence-electron chi connectivity index (χ1n) is 8.50. The molecule has 7 nitrogen and oxygen atoms in total. The van der Waals surface area contributed by atoms with Crippen LogP contribution in [0.25, 0.3) is 16.9 Å². The smallest absolute Gasteiger partial charge is 0.284 e. The van der Waals surface area contributed by atoms with Gasteiger partial charge in [-0.15, -0.1) is 0 Å². The number of aromatic nitrogens is 3. The maximum Gasteiger partial charge on any atom is 0.284 e. The third kappa shape index (κ3) is 4.30. The maximum atomic E-state index is 12.9. The summed E-state index contributed by atoms with van der Waals surface area (Å²) in [5.74, 6) is -0.589. The second-order valence-corrected chi connectivity index (χ2v) is 7.99. The molecular weight excluding hydrogens is 400 g/mol. The number of benzene rings is 1. The fourth-order valence-corrected chi connectivity index (χ4v) is 2.97. The highest BCUT2D eigenvalue weighted by atomic mass is 35.5. The summed E-state index contributed by atoms with van der Waals surface area (Å²) < 4.78 is 5.15. The third-order valence-electron chi connectivity index (χ3n) is 4.37. The van der Waals surface area contributed by atoms with E-state index in [2.05, 4.69) is 14.8 Å². The molecule has 1 atom stereocenters. The molecule has 0 unspecified atom stereocenters. The SMILES string of the molecule is C[C@@H](NC(=O)c1cc(-c2ccc(Cl)cc2)nn(-c2cnsc2)c1=O)C(C)(C)O. The first kappa shape index (κ1) is 20.2. The predicted molar refractivity (Wildman–Crippen MR) is 109 cm³/mol. The zero-order chi connectivity index (χ0) is 20.5. The first-order valence-corrected chi connectivity index (χ1v) is 9.71. The second-order valence-electron chi connectivity index (χ2n) is 6.90. The van der Waals surface area contributed by atoms with Crippen LogP contribution in [0.5, 0.6) is 0 Å². The van der Waals surface area contributed by atoms with Crippen molar-refractivity contribution in [1.82, 2.24) is 19.5 Å². The number of hydrogen-bond acceptors (Lipinski definition) is 6. The van der Waals surface area contributed by atoms with E-state index >= 15 is 0 Å². The van der Waals surface area contributed by atoms with Gasteiger partial charge in [-0.25, -0.2) is 0 Å². The van der Waals surface area contributed by atoms with E-state index in [0.29, 0.717) is 22.0 Å². The summed E-state index contributed by atoms with van der Waals surface area (Å²) in [6.45, 7) is 4.83. The van der Waals surface area contributed by atoms with Crippen LogP contribution in [0.2, 0.25) is 5.02 Å². The van der Waals surface area contributed by atoms with Crippen molar-refractivity contribution in [2.24, 2.45) is 0 Å². The standard InChI is InChI=1S/C19H19ClN4O3S/c1-11(19(2,3)27)22-17(25)15-8-16(12-4-6-13(20)7-5-12)23-24(18(15)26)14-9-21-28-10-14/h4-11,27H,1-3H3,(H,22,25)/t11-/m1/s1. The lowest BCUT2D eigenvalue weighted by atomic mass is 10.0.